The molecular formula is C21H36N4O3. The monoisotopic (exact) mass is 392 g/mol. The highest BCUT2D eigenvalue weighted by atomic mass is 16.6. The zero-order chi connectivity index (χ0) is 20.7. The number of hydrogen-bond donors (Lipinski definition) is 0. The van der Waals surface area contributed by atoms with E-state index < -0.39 is 5.60 Å². The summed E-state index contributed by atoms with van der Waals surface area (Å²) < 4.78 is 7.42. The molecule has 7 heteroatoms. The highest BCUT2D eigenvalue weighted by Gasteiger charge is 2.30. The van der Waals surface area contributed by atoms with E-state index in [1.165, 1.54) is 0 Å². The van der Waals surface area contributed by atoms with Crippen LogP contribution in [0.2, 0.25) is 0 Å². The molecule has 0 N–H and O–H groups in total. The van der Waals surface area contributed by atoms with E-state index in [0.717, 1.165) is 32.4 Å². The Morgan fingerprint density at radius 3 is 2.68 bits per heavy atom. The number of hydrogen-bond acceptors (Lipinski definition) is 4. The van der Waals surface area contributed by atoms with Gasteiger partial charge in [-0.2, -0.15) is 5.10 Å². The van der Waals surface area contributed by atoms with Crippen molar-refractivity contribution in [1.29, 1.82) is 0 Å². The third-order valence-electron chi connectivity index (χ3n) is 4.91. The molecule has 28 heavy (non-hydrogen) atoms. The molecule has 0 spiro atoms. The summed E-state index contributed by atoms with van der Waals surface area (Å²) in [6.07, 6.45) is 6.73. The second-order valence-electron chi connectivity index (χ2n) is 8.95. The SMILES string of the molecule is CC(C)N(CC1CCCN(C(=O)CCCn2cccn2)C1)C(=O)OC(C)(C)C. The maximum Gasteiger partial charge on any atom is 0.410 e. The van der Waals surface area contributed by atoms with Gasteiger partial charge in [0.2, 0.25) is 5.91 Å². The summed E-state index contributed by atoms with van der Waals surface area (Å²) in [4.78, 5) is 28.9. The summed E-state index contributed by atoms with van der Waals surface area (Å²) in [5, 5.41) is 4.17. The van der Waals surface area contributed by atoms with Crippen LogP contribution in [-0.4, -0.2) is 62.9 Å². The average molecular weight is 393 g/mol. The van der Waals surface area contributed by atoms with E-state index >= 15 is 0 Å². The molecule has 1 fully saturated rings. The summed E-state index contributed by atoms with van der Waals surface area (Å²) in [6.45, 7) is 12.6. The Morgan fingerprint density at radius 2 is 2.07 bits per heavy atom. The van der Waals surface area contributed by atoms with Crippen LogP contribution in [0, 0.1) is 5.92 Å². The number of piperidine rings is 1. The van der Waals surface area contributed by atoms with Gasteiger partial charge in [0.15, 0.2) is 0 Å². The molecule has 0 saturated carbocycles. The highest BCUT2D eigenvalue weighted by Crippen LogP contribution is 2.21. The number of aryl methyl sites for hydroxylation is 1. The van der Waals surface area contributed by atoms with Crippen LogP contribution >= 0.6 is 0 Å². The zero-order valence-electron chi connectivity index (χ0n) is 18.1. The summed E-state index contributed by atoms with van der Waals surface area (Å²) in [7, 11) is 0. The van der Waals surface area contributed by atoms with Gasteiger partial charge in [0.25, 0.3) is 0 Å². The number of carbonyl (C=O) groups excluding carboxylic acids is 2. The minimum atomic E-state index is -0.507. The van der Waals surface area contributed by atoms with Crippen molar-refractivity contribution in [2.24, 2.45) is 5.92 Å². The first-order valence-corrected chi connectivity index (χ1v) is 10.4. The number of ether oxygens (including phenoxy) is 1. The minimum absolute atomic E-state index is 0.0648. The van der Waals surface area contributed by atoms with Gasteiger partial charge in [-0.15, -0.1) is 0 Å². The molecule has 1 saturated heterocycles. The minimum Gasteiger partial charge on any atom is -0.444 e. The fourth-order valence-corrected chi connectivity index (χ4v) is 3.52. The summed E-state index contributed by atoms with van der Waals surface area (Å²) in [5.74, 6) is 0.490. The third kappa shape index (κ3) is 7.17. The van der Waals surface area contributed by atoms with Crippen molar-refractivity contribution in [2.45, 2.75) is 78.5 Å². The van der Waals surface area contributed by atoms with E-state index in [1.54, 1.807) is 11.1 Å². The van der Waals surface area contributed by atoms with Crippen LogP contribution < -0.4 is 0 Å². The third-order valence-corrected chi connectivity index (χ3v) is 4.91. The Hall–Kier alpha value is -2.05. The first-order valence-electron chi connectivity index (χ1n) is 10.4. The number of carbonyl (C=O) groups is 2. The number of aromatic nitrogens is 2. The number of nitrogens with zero attached hydrogens (tertiary/aromatic N) is 4. The van der Waals surface area contributed by atoms with Crippen LogP contribution in [0.1, 0.15) is 60.3 Å². The molecule has 0 radical (unpaired) electrons. The predicted molar refractivity (Wildman–Crippen MR) is 109 cm³/mol. The van der Waals surface area contributed by atoms with Gasteiger partial charge in [-0.3, -0.25) is 9.48 Å². The van der Waals surface area contributed by atoms with Gasteiger partial charge in [-0.25, -0.2) is 4.79 Å². The van der Waals surface area contributed by atoms with Crippen molar-refractivity contribution >= 4 is 12.0 Å². The molecule has 1 atom stereocenters. The van der Waals surface area contributed by atoms with E-state index in [2.05, 4.69) is 5.10 Å². The van der Waals surface area contributed by atoms with Crippen LogP contribution in [0.25, 0.3) is 0 Å². The molecule has 0 aliphatic carbocycles. The summed E-state index contributed by atoms with van der Waals surface area (Å²) in [6, 6.07) is 1.96. The molecule has 7 nitrogen and oxygen atoms in total. The smallest absolute Gasteiger partial charge is 0.410 e. The average Bonchev–Trinajstić information content (AvgIpc) is 3.11. The largest absolute Gasteiger partial charge is 0.444 e. The zero-order valence-corrected chi connectivity index (χ0v) is 18.1. The van der Waals surface area contributed by atoms with E-state index in [9.17, 15) is 9.59 Å². The van der Waals surface area contributed by atoms with Gasteiger partial charge in [0.1, 0.15) is 5.60 Å². The van der Waals surface area contributed by atoms with Gasteiger partial charge in [-0.1, -0.05) is 0 Å². The fraction of sp³-hybridized carbons (Fsp3) is 0.762. The lowest BCUT2D eigenvalue weighted by Crippen LogP contribution is -2.48. The van der Waals surface area contributed by atoms with E-state index in [1.807, 2.05) is 56.5 Å². The van der Waals surface area contributed by atoms with Gasteiger partial charge < -0.3 is 14.5 Å². The van der Waals surface area contributed by atoms with Crippen molar-refractivity contribution in [3.05, 3.63) is 18.5 Å². The highest BCUT2D eigenvalue weighted by molar-refractivity contribution is 5.76. The molecule has 2 heterocycles. The first-order chi connectivity index (χ1) is 13.2. The van der Waals surface area contributed by atoms with Crippen LogP contribution in [-0.2, 0) is 16.1 Å². The Bertz CT molecular complexity index is 622. The Kier molecular flexibility index (Phi) is 7.89. The van der Waals surface area contributed by atoms with Crippen molar-refractivity contribution in [2.75, 3.05) is 19.6 Å². The molecule has 158 valence electrons. The lowest BCUT2D eigenvalue weighted by molar-refractivity contribution is -0.133. The Balaban J connectivity index is 1.84. The molecule has 1 unspecified atom stereocenters. The maximum atomic E-state index is 12.6. The predicted octanol–water partition coefficient (Wildman–Crippen LogP) is 3.55. The normalized spacial score (nSPS) is 17.6. The number of amides is 2. The summed E-state index contributed by atoms with van der Waals surface area (Å²) in [5.41, 5.74) is -0.507. The first kappa shape index (κ1) is 22.2. The van der Waals surface area contributed by atoms with E-state index in [4.69, 9.17) is 4.74 Å². The molecule has 0 aromatic carbocycles. The molecule has 0 bridgehead atoms. The standard InChI is InChI=1S/C21H36N4O3/c1-17(2)25(20(27)28-21(3,4)5)16-18-9-6-12-23(15-18)19(26)10-7-13-24-14-8-11-22-24/h8,11,14,17-18H,6-7,9-10,12-13,15-16H2,1-5H3. The lowest BCUT2D eigenvalue weighted by atomic mass is 9.96. The van der Waals surface area contributed by atoms with E-state index in [0.29, 0.717) is 25.4 Å². The molecule has 1 aromatic heterocycles. The second-order valence-corrected chi connectivity index (χ2v) is 8.95. The maximum absolute atomic E-state index is 12.6. The van der Waals surface area contributed by atoms with Crippen LogP contribution in [0.5, 0.6) is 0 Å². The Labute approximate surface area is 169 Å². The lowest BCUT2D eigenvalue weighted by Gasteiger charge is -2.37. The van der Waals surface area contributed by atoms with Crippen molar-refractivity contribution in [3.8, 4) is 0 Å². The van der Waals surface area contributed by atoms with Gasteiger partial charge in [-0.05, 0) is 65.9 Å². The Morgan fingerprint density at radius 1 is 1.32 bits per heavy atom. The second kappa shape index (κ2) is 9.94. The van der Waals surface area contributed by atoms with E-state index in [-0.39, 0.29) is 18.0 Å². The van der Waals surface area contributed by atoms with Crippen LogP contribution in [0.4, 0.5) is 4.79 Å². The van der Waals surface area contributed by atoms with Crippen molar-refractivity contribution < 1.29 is 14.3 Å². The molecule has 1 aromatic rings. The number of likely N-dealkylation sites (tertiary alicyclic amines) is 1. The van der Waals surface area contributed by atoms with Crippen LogP contribution in [0.3, 0.4) is 0 Å². The van der Waals surface area contributed by atoms with Gasteiger partial charge in [0.05, 0.1) is 0 Å². The van der Waals surface area contributed by atoms with Crippen molar-refractivity contribution in [1.82, 2.24) is 19.6 Å². The van der Waals surface area contributed by atoms with Crippen molar-refractivity contribution in [3.63, 3.8) is 0 Å². The molecule has 1 aliphatic rings. The fourth-order valence-electron chi connectivity index (χ4n) is 3.52. The summed E-state index contributed by atoms with van der Waals surface area (Å²) >= 11 is 0. The van der Waals surface area contributed by atoms with Gasteiger partial charge >= 0.3 is 6.09 Å². The molecule has 2 amide bonds. The van der Waals surface area contributed by atoms with Gasteiger partial charge in [0, 0.05) is 51.0 Å². The topological polar surface area (TPSA) is 67.7 Å². The molecular weight excluding hydrogens is 356 g/mol. The quantitative estimate of drug-likeness (QED) is 0.712. The van der Waals surface area contributed by atoms with Crippen LogP contribution in [0.15, 0.2) is 18.5 Å². The molecule has 2 rings (SSSR count). The number of rotatable bonds is 7. The molecule has 1 aliphatic heterocycles.